The monoisotopic (exact) mass is 582 g/mol. The fourth-order valence-electron chi connectivity index (χ4n) is 4.39. The summed E-state index contributed by atoms with van der Waals surface area (Å²) in [6.45, 7) is 14.2. The maximum Gasteiger partial charge on any atom is 0.207 e. The van der Waals surface area contributed by atoms with Gasteiger partial charge in [-0.05, 0) is 48.1 Å². The second-order valence-corrected chi connectivity index (χ2v) is 9.66. The van der Waals surface area contributed by atoms with Gasteiger partial charge >= 0.3 is 0 Å². The van der Waals surface area contributed by atoms with Gasteiger partial charge in [-0.25, -0.2) is 0 Å². The molecule has 0 bridgehead atoms. The maximum atomic E-state index is 11.1. The number of fused-ring (bicyclic) bond motifs is 1. The summed E-state index contributed by atoms with van der Waals surface area (Å²) < 4.78 is 28.2. The number of carbonyl (C=O) groups is 1. The van der Waals surface area contributed by atoms with Crippen molar-refractivity contribution in [3.8, 4) is 5.75 Å². The molecular weight excluding hydrogens is 532 g/mol. The number of carbonyl (C=O) groups excluding carboxylic acids is 1. The van der Waals surface area contributed by atoms with E-state index in [0.717, 1.165) is 65.4 Å². The van der Waals surface area contributed by atoms with Crippen molar-refractivity contribution < 1.29 is 28.5 Å². The first-order valence-electron chi connectivity index (χ1n) is 15.0. The van der Waals surface area contributed by atoms with E-state index in [1.807, 2.05) is 37.4 Å². The Balaban J connectivity index is 1.81. The normalized spacial score (nSPS) is 12.6. The van der Waals surface area contributed by atoms with Crippen molar-refractivity contribution in [2.75, 3.05) is 73.1 Å². The molecule has 0 radical (unpaired) electrons. The van der Waals surface area contributed by atoms with Crippen LogP contribution >= 0.6 is 0 Å². The molecule has 0 aliphatic rings. The van der Waals surface area contributed by atoms with E-state index in [1.165, 1.54) is 0 Å². The van der Waals surface area contributed by atoms with Gasteiger partial charge < -0.3 is 34.3 Å². The van der Waals surface area contributed by atoms with Gasteiger partial charge in [0.25, 0.3) is 0 Å². The highest BCUT2D eigenvalue weighted by atomic mass is 16.6. The third-order valence-electron chi connectivity index (χ3n) is 6.49. The molecule has 0 fully saturated rings. The molecule has 1 unspecified atom stereocenters. The van der Waals surface area contributed by atoms with E-state index >= 15 is 0 Å². The molecule has 8 nitrogen and oxygen atoms in total. The number of rotatable bonds is 25. The Kier molecular flexibility index (Phi) is 18.9. The van der Waals surface area contributed by atoms with Crippen molar-refractivity contribution in [2.24, 2.45) is 0 Å². The van der Waals surface area contributed by atoms with Gasteiger partial charge in [0.2, 0.25) is 6.41 Å². The molecule has 232 valence electrons. The molecule has 0 heterocycles. The summed E-state index contributed by atoms with van der Waals surface area (Å²) >= 11 is 0. The highest BCUT2D eigenvalue weighted by molar-refractivity contribution is 5.98. The van der Waals surface area contributed by atoms with E-state index in [9.17, 15) is 4.79 Å². The molecule has 0 spiro atoms. The minimum Gasteiger partial charge on any atom is -0.491 e. The molecule has 2 N–H and O–H groups in total. The summed E-state index contributed by atoms with van der Waals surface area (Å²) in [6.07, 6.45) is 9.79. The summed E-state index contributed by atoms with van der Waals surface area (Å²) in [7, 11) is 1.90. The Labute approximate surface area is 252 Å². The van der Waals surface area contributed by atoms with Crippen LogP contribution in [0.25, 0.3) is 16.3 Å². The predicted molar refractivity (Wildman–Crippen MR) is 171 cm³/mol. The van der Waals surface area contributed by atoms with Crippen molar-refractivity contribution >= 4 is 22.8 Å². The van der Waals surface area contributed by atoms with Crippen LogP contribution in [0.15, 0.2) is 66.8 Å². The topological polar surface area (TPSA) is 87.3 Å². The lowest BCUT2D eigenvalue weighted by atomic mass is 9.96. The van der Waals surface area contributed by atoms with Crippen molar-refractivity contribution in [3.63, 3.8) is 0 Å². The number of ether oxygens (including phenoxy) is 5. The molecule has 42 heavy (non-hydrogen) atoms. The molecule has 0 saturated heterocycles. The average molecular weight is 583 g/mol. The Morgan fingerprint density at radius 3 is 2.05 bits per heavy atom. The van der Waals surface area contributed by atoms with Gasteiger partial charge in [0.1, 0.15) is 12.4 Å². The number of amides is 1. The highest BCUT2D eigenvalue weighted by Crippen LogP contribution is 2.32. The molecular formula is C34H50N2O6. The van der Waals surface area contributed by atoms with E-state index in [0.29, 0.717) is 59.5 Å². The first-order valence-corrected chi connectivity index (χ1v) is 15.0. The molecule has 8 heteroatoms. The third-order valence-corrected chi connectivity index (χ3v) is 6.49. The zero-order valence-corrected chi connectivity index (χ0v) is 25.7. The predicted octanol–water partition coefficient (Wildman–Crippen LogP) is 5.32. The molecule has 2 aromatic rings. The van der Waals surface area contributed by atoms with Gasteiger partial charge in [0.05, 0.1) is 58.9 Å². The molecule has 1 atom stereocenters. The zero-order chi connectivity index (χ0) is 30.3. The van der Waals surface area contributed by atoms with E-state index < -0.39 is 0 Å². The van der Waals surface area contributed by atoms with E-state index in [1.54, 1.807) is 0 Å². The van der Waals surface area contributed by atoms with E-state index in [4.69, 9.17) is 23.7 Å². The SMILES string of the molecule is C=C(/C=C\C(=C/CC)C(CCC)NC=O)c1ccc(OCCOCCOCCOCCOCCNC)c2ccccc12. The Morgan fingerprint density at radius 1 is 0.833 bits per heavy atom. The maximum absolute atomic E-state index is 11.1. The van der Waals surface area contributed by atoms with Crippen LogP contribution in [0.1, 0.15) is 38.7 Å². The van der Waals surface area contributed by atoms with Crippen molar-refractivity contribution in [1.29, 1.82) is 0 Å². The number of benzene rings is 2. The fraction of sp³-hybridized carbons (Fsp3) is 0.500. The number of likely N-dealkylation sites (N-methyl/N-ethyl adjacent to an activating group) is 1. The number of allylic oxidation sites excluding steroid dienone is 3. The van der Waals surface area contributed by atoms with E-state index in [-0.39, 0.29) is 6.04 Å². The quantitative estimate of drug-likeness (QED) is 0.0930. The highest BCUT2D eigenvalue weighted by Gasteiger charge is 2.11. The van der Waals surface area contributed by atoms with Crippen molar-refractivity contribution in [2.45, 2.75) is 39.2 Å². The molecule has 0 aliphatic carbocycles. The number of hydrogen-bond donors (Lipinski definition) is 2. The van der Waals surface area contributed by atoms with Gasteiger partial charge in [-0.1, -0.05) is 75.4 Å². The van der Waals surface area contributed by atoms with Crippen LogP contribution in [0, 0.1) is 0 Å². The van der Waals surface area contributed by atoms with Crippen LogP contribution in [-0.2, 0) is 23.7 Å². The molecule has 0 saturated carbocycles. The fourth-order valence-corrected chi connectivity index (χ4v) is 4.39. The largest absolute Gasteiger partial charge is 0.491 e. The second kappa shape index (κ2) is 22.6. The summed E-state index contributed by atoms with van der Waals surface area (Å²) in [5, 5.41) is 8.07. The van der Waals surface area contributed by atoms with Crippen LogP contribution in [0.5, 0.6) is 5.75 Å². The van der Waals surface area contributed by atoms with Gasteiger partial charge in [0, 0.05) is 11.9 Å². The summed E-state index contributed by atoms with van der Waals surface area (Å²) in [4.78, 5) is 11.1. The van der Waals surface area contributed by atoms with Crippen LogP contribution < -0.4 is 15.4 Å². The Hall–Kier alpha value is -3.01. The third kappa shape index (κ3) is 13.3. The molecule has 2 aromatic carbocycles. The van der Waals surface area contributed by atoms with Crippen LogP contribution in [0.4, 0.5) is 0 Å². The molecule has 0 aliphatic heterocycles. The Bertz CT molecular complexity index is 1100. The lowest BCUT2D eigenvalue weighted by molar-refractivity contribution is -0.110. The smallest absolute Gasteiger partial charge is 0.207 e. The van der Waals surface area contributed by atoms with Gasteiger partial charge in [0.15, 0.2) is 0 Å². The molecule has 0 aromatic heterocycles. The first kappa shape index (κ1) is 35.2. The molecule has 2 rings (SSSR count). The first-order chi connectivity index (χ1) is 20.7. The lowest BCUT2D eigenvalue weighted by Crippen LogP contribution is -2.29. The van der Waals surface area contributed by atoms with Gasteiger partial charge in [-0.3, -0.25) is 4.79 Å². The minimum atomic E-state index is -0.00414. The standard InChI is InChI=1S/C34H50N2O6/c1-5-9-29(33(10-6-2)36-27-37)14-13-28(3)30-15-16-34(32-12-8-7-11-31(30)32)42-26-25-41-24-23-40-22-21-39-20-19-38-18-17-35-4/h7-9,11-16,27,33,35H,3,5-6,10,17-26H2,1-2,4H3,(H,36,37)/b14-13-,29-9+. The molecule has 1 amide bonds. The zero-order valence-electron chi connectivity index (χ0n) is 25.7. The van der Waals surface area contributed by atoms with Crippen LogP contribution in [0.3, 0.4) is 0 Å². The van der Waals surface area contributed by atoms with Crippen molar-refractivity contribution in [3.05, 3.63) is 72.3 Å². The van der Waals surface area contributed by atoms with Gasteiger partial charge in [-0.15, -0.1) is 0 Å². The second-order valence-electron chi connectivity index (χ2n) is 9.66. The number of nitrogens with one attached hydrogen (secondary N) is 2. The Morgan fingerprint density at radius 2 is 1.45 bits per heavy atom. The van der Waals surface area contributed by atoms with Gasteiger partial charge in [-0.2, -0.15) is 0 Å². The van der Waals surface area contributed by atoms with Crippen LogP contribution in [0.2, 0.25) is 0 Å². The average Bonchev–Trinajstić information content (AvgIpc) is 3.01. The van der Waals surface area contributed by atoms with E-state index in [2.05, 4.69) is 55.3 Å². The van der Waals surface area contributed by atoms with Crippen molar-refractivity contribution in [1.82, 2.24) is 10.6 Å². The summed E-state index contributed by atoms with van der Waals surface area (Å²) in [5.41, 5.74) is 3.03. The minimum absolute atomic E-state index is 0.00414. The lowest BCUT2D eigenvalue weighted by Gasteiger charge is -2.17. The summed E-state index contributed by atoms with van der Waals surface area (Å²) in [5.74, 6) is 0.808. The van der Waals surface area contributed by atoms with Crippen LogP contribution in [-0.4, -0.2) is 85.5 Å². The summed E-state index contributed by atoms with van der Waals surface area (Å²) in [6, 6.07) is 12.2. The number of hydrogen-bond acceptors (Lipinski definition) is 7.